The normalized spacial score (nSPS) is 16.7. The van der Waals surface area contributed by atoms with Gasteiger partial charge in [0.05, 0.1) is 26.2 Å². The van der Waals surface area contributed by atoms with E-state index in [1.165, 1.54) is 5.56 Å². The maximum absolute atomic E-state index is 12.2. The van der Waals surface area contributed by atoms with Crippen molar-refractivity contribution >= 4 is 5.91 Å². The van der Waals surface area contributed by atoms with Crippen LogP contribution in [-0.4, -0.2) is 56.3 Å². The molecule has 1 unspecified atom stereocenters. The third kappa shape index (κ3) is 6.01. The summed E-state index contributed by atoms with van der Waals surface area (Å²) in [6.45, 7) is 13.0. The molecule has 1 amide bonds. The second-order valence-electron chi connectivity index (χ2n) is 7.06. The maximum Gasteiger partial charge on any atom is 0.223 e. The lowest BCUT2D eigenvalue weighted by Gasteiger charge is -2.36. The number of carbonyl (C=O) groups is 1. The number of amides is 1. The summed E-state index contributed by atoms with van der Waals surface area (Å²) in [6, 6.07) is 6.35. The first kappa shape index (κ1) is 19.7. The first-order valence-corrected chi connectivity index (χ1v) is 9.26. The number of ether oxygens (including phenoxy) is 2. The third-order valence-corrected chi connectivity index (χ3v) is 4.93. The topological polar surface area (TPSA) is 50.8 Å². The van der Waals surface area contributed by atoms with Crippen LogP contribution in [-0.2, 0) is 9.53 Å². The third-order valence-electron chi connectivity index (χ3n) is 4.93. The molecule has 0 saturated carbocycles. The number of morpholine rings is 1. The number of benzene rings is 1. The van der Waals surface area contributed by atoms with Crippen LogP contribution in [0.5, 0.6) is 5.75 Å². The molecule has 0 aliphatic carbocycles. The minimum Gasteiger partial charge on any atom is -0.493 e. The van der Waals surface area contributed by atoms with E-state index < -0.39 is 0 Å². The molecular formula is C20H32N2O3. The Morgan fingerprint density at radius 3 is 2.68 bits per heavy atom. The van der Waals surface area contributed by atoms with Crippen LogP contribution < -0.4 is 10.1 Å². The van der Waals surface area contributed by atoms with Crippen molar-refractivity contribution in [2.24, 2.45) is 5.92 Å². The van der Waals surface area contributed by atoms with Crippen molar-refractivity contribution in [2.45, 2.75) is 40.2 Å². The molecule has 0 spiro atoms. The second kappa shape index (κ2) is 9.78. The SMILES string of the molecule is Cc1cccc(OCCC(=O)NCC(C(C)C)N2CCOCC2)c1C. The van der Waals surface area contributed by atoms with Gasteiger partial charge < -0.3 is 14.8 Å². The summed E-state index contributed by atoms with van der Waals surface area (Å²) in [5.41, 5.74) is 2.34. The number of rotatable bonds is 8. The van der Waals surface area contributed by atoms with Crippen LogP contribution in [0.15, 0.2) is 18.2 Å². The highest BCUT2D eigenvalue weighted by Crippen LogP contribution is 2.20. The van der Waals surface area contributed by atoms with Gasteiger partial charge in [0.25, 0.3) is 0 Å². The molecule has 140 valence electrons. The molecule has 5 nitrogen and oxygen atoms in total. The minimum absolute atomic E-state index is 0.0456. The monoisotopic (exact) mass is 348 g/mol. The molecule has 1 aromatic rings. The Morgan fingerprint density at radius 1 is 1.28 bits per heavy atom. The largest absolute Gasteiger partial charge is 0.493 e. The van der Waals surface area contributed by atoms with Crippen LogP contribution >= 0.6 is 0 Å². The van der Waals surface area contributed by atoms with Gasteiger partial charge in [-0.25, -0.2) is 0 Å². The zero-order valence-electron chi connectivity index (χ0n) is 16.0. The number of nitrogens with one attached hydrogen (secondary N) is 1. The molecule has 1 saturated heterocycles. The standard InChI is InChI=1S/C20H32N2O3/c1-15(2)18(22-9-12-24-13-10-22)14-21-20(23)8-11-25-19-7-5-6-16(3)17(19)4/h5-7,15,18H,8-14H2,1-4H3,(H,21,23). The molecule has 1 atom stereocenters. The van der Waals surface area contributed by atoms with Gasteiger partial charge in [-0.3, -0.25) is 9.69 Å². The van der Waals surface area contributed by atoms with Gasteiger partial charge in [-0.2, -0.15) is 0 Å². The Kier molecular flexibility index (Phi) is 7.72. The predicted molar refractivity (Wildman–Crippen MR) is 100 cm³/mol. The van der Waals surface area contributed by atoms with E-state index in [0.717, 1.165) is 37.6 Å². The summed E-state index contributed by atoms with van der Waals surface area (Å²) < 4.78 is 11.2. The van der Waals surface area contributed by atoms with Gasteiger partial charge in [-0.15, -0.1) is 0 Å². The molecule has 0 bridgehead atoms. The maximum atomic E-state index is 12.2. The zero-order chi connectivity index (χ0) is 18.2. The quantitative estimate of drug-likeness (QED) is 0.784. The highest BCUT2D eigenvalue weighted by molar-refractivity contribution is 5.76. The molecule has 2 rings (SSSR count). The molecule has 1 aromatic carbocycles. The Bertz CT molecular complexity index is 554. The zero-order valence-corrected chi connectivity index (χ0v) is 16.0. The summed E-state index contributed by atoms with van der Waals surface area (Å²) in [4.78, 5) is 14.6. The van der Waals surface area contributed by atoms with E-state index in [0.29, 0.717) is 31.5 Å². The van der Waals surface area contributed by atoms with Crippen molar-refractivity contribution in [3.63, 3.8) is 0 Å². The molecule has 0 aromatic heterocycles. The van der Waals surface area contributed by atoms with Crippen molar-refractivity contribution in [3.05, 3.63) is 29.3 Å². The van der Waals surface area contributed by atoms with E-state index in [9.17, 15) is 4.79 Å². The second-order valence-corrected chi connectivity index (χ2v) is 7.06. The summed E-state index contributed by atoms with van der Waals surface area (Å²) in [7, 11) is 0. The van der Waals surface area contributed by atoms with Gasteiger partial charge in [-0.1, -0.05) is 26.0 Å². The van der Waals surface area contributed by atoms with E-state index in [-0.39, 0.29) is 5.91 Å². The van der Waals surface area contributed by atoms with Crippen molar-refractivity contribution in [1.29, 1.82) is 0 Å². The Morgan fingerprint density at radius 2 is 2.00 bits per heavy atom. The van der Waals surface area contributed by atoms with Crippen molar-refractivity contribution < 1.29 is 14.3 Å². The molecule has 0 radical (unpaired) electrons. The van der Waals surface area contributed by atoms with E-state index >= 15 is 0 Å². The van der Waals surface area contributed by atoms with E-state index in [2.05, 4.69) is 37.1 Å². The van der Waals surface area contributed by atoms with Crippen molar-refractivity contribution in [1.82, 2.24) is 10.2 Å². The highest BCUT2D eigenvalue weighted by Gasteiger charge is 2.24. The molecule has 1 fully saturated rings. The fraction of sp³-hybridized carbons (Fsp3) is 0.650. The minimum atomic E-state index is 0.0456. The van der Waals surface area contributed by atoms with Gasteiger partial charge in [0.1, 0.15) is 5.75 Å². The predicted octanol–water partition coefficient (Wildman–Crippen LogP) is 2.55. The summed E-state index contributed by atoms with van der Waals surface area (Å²) in [5.74, 6) is 1.40. The van der Waals surface area contributed by atoms with Crippen molar-refractivity contribution in [2.75, 3.05) is 39.5 Å². The molecule has 1 aliphatic heterocycles. The smallest absolute Gasteiger partial charge is 0.223 e. The average Bonchev–Trinajstić information content (AvgIpc) is 2.59. The lowest BCUT2D eigenvalue weighted by atomic mass is 10.0. The highest BCUT2D eigenvalue weighted by atomic mass is 16.5. The number of aryl methyl sites for hydroxylation is 1. The lowest BCUT2D eigenvalue weighted by Crippen LogP contribution is -2.51. The van der Waals surface area contributed by atoms with E-state index in [1.54, 1.807) is 0 Å². The summed E-state index contributed by atoms with van der Waals surface area (Å²) in [5, 5.41) is 3.07. The Labute approximate surface area is 151 Å². The van der Waals surface area contributed by atoms with Crippen LogP contribution in [0.3, 0.4) is 0 Å². The Hall–Kier alpha value is -1.59. The summed E-state index contributed by atoms with van der Waals surface area (Å²) >= 11 is 0. The Balaban J connectivity index is 1.74. The number of carbonyl (C=O) groups excluding carboxylic acids is 1. The van der Waals surface area contributed by atoms with Gasteiger partial charge in [0.2, 0.25) is 5.91 Å². The molecular weight excluding hydrogens is 316 g/mol. The van der Waals surface area contributed by atoms with Crippen LogP contribution in [0.2, 0.25) is 0 Å². The van der Waals surface area contributed by atoms with Crippen molar-refractivity contribution in [3.8, 4) is 5.75 Å². The molecule has 1 heterocycles. The lowest BCUT2D eigenvalue weighted by molar-refractivity contribution is -0.122. The molecule has 1 aliphatic rings. The fourth-order valence-electron chi connectivity index (χ4n) is 3.14. The van der Waals surface area contributed by atoms with Crippen LogP contribution in [0, 0.1) is 19.8 Å². The fourth-order valence-corrected chi connectivity index (χ4v) is 3.14. The van der Waals surface area contributed by atoms with Gasteiger partial charge >= 0.3 is 0 Å². The van der Waals surface area contributed by atoms with Crippen LogP contribution in [0.1, 0.15) is 31.4 Å². The molecule has 25 heavy (non-hydrogen) atoms. The molecule has 1 N–H and O–H groups in total. The first-order valence-electron chi connectivity index (χ1n) is 9.26. The first-order chi connectivity index (χ1) is 12.0. The summed E-state index contributed by atoms with van der Waals surface area (Å²) in [6.07, 6.45) is 0.376. The van der Waals surface area contributed by atoms with E-state index in [1.807, 2.05) is 19.1 Å². The van der Waals surface area contributed by atoms with Gasteiger partial charge in [-0.05, 0) is 37.0 Å². The van der Waals surface area contributed by atoms with Gasteiger partial charge in [0.15, 0.2) is 0 Å². The van der Waals surface area contributed by atoms with Crippen LogP contribution in [0.4, 0.5) is 0 Å². The molecule has 5 heteroatoms. The number of nitrogens with zero attached hydrogens (tertiary/aromatic N) is 1. The van der Waals surface area contributed by atoms with Gasteiger partial charge in [0, 0.05) is 25.7 Å². The average molecular weight is 348 g/mol. The number of hydrogen-bond donors (Lipinski definition) is 1. The number of hydrogen-bond acceptors (Lipinski definition) is 4. The van der Waals surface area contributed by atoms with Crippen LogP contribution in [0.25, 0.3) is 0 Å². The van der Waals surface area contributed by atoms with E-state index in [4.69, 9.17) is 9.47 Å².